The van der Waals surface area contributed by atoms with Crippen LogP contribution in [0.5, 0.6) is 0 Å². The quantitative estimate of drug-likeness (QED) is 0.772. The summed E-state index contributed by atoms with van der Waals surface area (Å²) in [5.41, 5.74) is 1.14. The minimum Gasteiger partial charge on any atom is -0.480 e. The van der Waals surface area contributed by atoms with E-state index in [9.17, 15) is 9.90 Å². The molecule has 4 heteroatoms. The second-order valence-electron chi connectivity index (χ2n) is 3.77. The third-order valence-corrected chi connectivity index (χ3v) is 2.88. The third kappa shape index (κ3) is 0.957. The van der Waals surface area contributed by atoms with Crippen LogP contribution in [0.1, 0.15) is 5.56 Å². The fourth-order valence-electron chi connectivity index (χ4n) is 2.01. The van der Waals surface area contributed by atoms with Crippen molar-refractivity contribution in [3.8, 4) is 0 Å². The Kier molecular flexibility index (Phi) is 1.63. The Labute approximate surface area is 91.7 Å². The molecule has 4 nitrogen and oxygen atoms in total. The maximum Gasteiger partial charge on any atom is 0.325 e. The van der Waals surface area contributed by atoms with Crippen molar-refractivity contribution in [3.63, 3.8) is 0 Å². The van der Waals surface area contributed by atoms with Gasteiger partial charge in [0.05, 0.1) is 5.69 Å². The number of carbonyl (C=O) groups is 1. The van der Waals surface area contributed by atoms with Gasteiger partial charge in [0, 0.05) is 29.8 Å². The predicted molar refractivity (Wildman–Crippen MR) is 61.1 cm³/mol. The first-order valence-corrected chi connectivity index (χ1v) is 4.87. The Morgan fingerprint density at radius 3 is 2.88 bits per heavy atom. The number of benzene rings is 1. The van der Waals surface area contributed by atoms with Gasteiger partial charge in [-0.25, -0.2) is 0 Å². The van der Waals surface area contributed by atoms with E-state index < -0.39 is 11.4 Å². The van der Waals surface area contributed by atoms with Crippen molar-refractivity contribution >= 4 is 29.7 Å². The normalized spacial score (nSPS) is 24.9. The number of carboxylic acid groups (broad SMARTS) is 1. The molecule has 0 saturated heterocycles. The van der Waals surface area contributed by atoms with Gasteiger partial charge >= 0.3 is 5.97 Å². The van der Waals surface area contributed by atoms with Crippen molar-refractivity contribution in [3.05, 3.63) is 36.0 Å². The molecule has 0 bridgehead atoms. The van der Waals surface area contributed by atoms with Crippen molar-refractivity contribution in [2.75, 3.05) is 0 Å². The Bertz CT molecular complexity index is 572. The summed E-state index contributed by atoms with van der Waals surface area (Å²) in [5.74, 6) is -0.946. The molecule has 1 N–H and O–H groups in total. The molecule has 2 aliphatic rings. The van der Waals surface area contributed by atoms with Crippen LogP contribution in [-0.4, -0.2) is 23.5 Å². The molecule has 0 aliphatic carbocycles. The zero-order valence-corrected chi connectivity index (χ0v) is 8.29. The molecule has 0 amide bonds. The largest absolute Gasteiger partial charge is 0.480 e. The molecule has 0 saturated carbocycles. The number of fused-ring (bicyclic) bond motifs is 3. The van der Waals surface area contributed by atoms with Crippen LogP contribution >= 0.6 is 0 Å². The van der Waals surface area contributed by atoms with Crippen LogP contribution in [0, 0.1) is 5.41 Å². The van der Waals surface area contributed by atoms with Gasteiger partial charge in [0.25, 0.3) is 0 Å². The first-order valence-electron chi connectivity index (χ1n) is 4.87. The average molecular weight is 212 g/mol. The van der Waals surface area contributed by atoms with Gasteiger partial charge in [-0.05, 0) is 6.07 Å². The molecule has 1 unspecified atom stereocenters. The van der Waals surface area contributed by atoms with Crippen LogP contribution in [0.3, 0.4) is 0 Å². The van der Waals surface area contributed by atoms with Gasteiger partial charge in [0.1, 0.15) is 0 Å². The third-order valence-electron chi connectivity index (χ3n) is 2.88. The Balaban J connectivity index is 2.27. The Morgan fingerprint density at radius 2 is 2.06 bits per heavy atom. The molecule has 2 aliphatic heterocycles. The van der Waals surface area contributed by atoms with Gasteiger partial charge in [-0.2, -0.15) is 0 Å². The lowest BCUT2D eigenvalue weighted by Gasteiger charge is -2.25. The SMILES string of the molecule is O=C(O)C12C=NC=C1c1ccccc1N=C2. The van der Waals surface area contributed by atoms with Crippen molar-refractivity contribution in [1.82, 2.24) is 0 Å². The Morgan fingerprint density at radius 1 is 1.25 bits per heavy atom. The van der Waals surface area contributed by atoms with Crippen LogP contribution in [0.2, 0.25) is 0 Å². The molecular formula is C12H8N2O2. The molecule has 78 valence electrons. The van der Waals surface area contributed by atoms with Crippen molar-refractivity contribution in [2.45, 2.75) is 0 Å². The molecule has 3 rings (SSSR count). The monoisotopic (exact) mass is 212 g/mol. The second kappa shape index (κ2) is 2.88. The molecule has 16 heavy (non-hydrogen) atoms. The summed E-state index contributed by atoms with van der Waals surface area (Å²) in [4.78, 5) is 19.5. The van der Waals surface area contributed by atoms with Gasteiger partial charge in [0.2, 0.25) is 0 Å². The van der Waals surface area contributed by atoms with Crippen molar-refractivity contribution in [2.24, 2.45) is 15.4 Å². The average Bonchev–Trinajstić information content (AvgIpc) is 2.74. The van der Waals surface area contributed by atoms with Crippen LogP contribution in [0.4, 0.5) is 5.69 Å². The maximum atomic E-state index is 11.3. The molecule has 1 aromatic rings. The lowest BCUT2D eigenvalue weighted by molar-refractivity contribution is -0.139. The number of hydrogen-bond donors (Lipinski definition) is 1. The van der Waals surface area contributed by atoms with E-state index in [0.717, 1.165) is 11.3 Å². The summed E-state index contributed by atoms with van der Waals surface area (Å²) in [7, 11) is 0. The molecular weight excluding hydrogens is 204 g/mol. The second-order valence-corrected chi connectivity index (χ2v) is 3.77. The standard InChI is InChI=1S/C12H8N2O2/c15-11(16)12-6-13-5-9(12)8-3-1-2-4-10(8)14-7-12/h1-7H,(H,15,16). The van der Waals surface area contributed by atoms with Crippen molar-refractivity contribution in [1.29, 1.82) is 0 Å². The van der Waals surface area contributed by atoms with E-state index >= 15 is 0 Å². The summed E-state index contributed by atoms with van der Waals surface area (Å²) in [6.07, 6.45) is 4.46. The van der Waals surface area contributed by atoms with Gasteiger partial charge < -0.3 is 5.11 Å². The van der Waals surface area contributed by atoms with Crippen LogP contribution < -0.4 is 0 Å². The minimum atomic E-state index is -1.17. The van der Waals surface area contributed by atoms with E-state index in [0.29, 0.717) is 5.57 Å². The van der Waals surface area contributed by atoms with Crippen molar-refractivity contribution < 1.29 is 9.90 Å². The van der Waals surface area contributed by atoms with Gasteiger partial charge in [-0.15, -0.1) is 0 Å². The van der Waals surface area contributed by atoms with Crippen LogP contribution in [0.15, 0.2) is 40.5 Å². The first-order chi connectivity index (χ1) is 7.74. The molecule has 0 radical (unpaired) electrons. The summed E-state index contributed by atoms with van der Waals surface area (Å²) in [5, 5.41) is 9.30. The van der Waals surface area contributed by atoms with Gasteiger partial charge in [-0.3, -0.25) is 14.8 Å². The lowest BCUT2D eigenvalue weighted by Crippen LogP contribution is -2.35. The first kappa shape index (κ1) is 9.03. The van der Waals surface area contributed by atoms with Crippen LogP contribution in [-0.2, 0) is 4.79 Å². The zero-order valence-electron chi connectivity index (χ0n) is 8.29. The van der Waals surface area contributed by atoms with E-state index in [1.54, 1.807) is 6.20 Å². The van der Waals surface area contributed by atoms with Gasteiger partial charge in [-0.1, -0.05) is 18.2 Å². The minimum absolute atomic E-state index is 0.686. The topological polar surface area (TPSA) is 62.0 Å². The van der Waals surface area contributed by atoms with E-state index in [-0.39, 0.29) is 0 Å². The zero-order chi connectivity index (χ0) is 11.2. The maximum absolute atomic E-state index is 11.3. The highest BCUT2D eigenvalue weighted by Gasteiger charge is 2.45. The van der Waals surface area contributed by atoms with E-state index in [2.05, 4.69) is 9.98 Å². The summed E-state index contributed by atoms with van der Waals surface area (Å²) in [6, 6.07) is 7.46. The summed E-state index contributed by atoms with van der Waals surface area (Å²) >= 11 is 0. The summed E-state index contributed by atoms with van der Waals surface area (Å²) < 4.78 is 0. The smallest absolute Gasteiger partial charge is 0.325 e. The van der Waals surface area contributed by atoms with Crippen LogP contribution in [0.25, 0.3) is 5.57 Å². The molecule has 1 atom stereocenters. The number of nitrogens with zero attached hydrogens (tertiary/aromatic N) is 2. The Hall–Kier alpha value is -2.23. The van der Waals surface area contributed by atoms with E-state index in [1.807, 2.05) is 24.3 Å². The highest BCUT2D eigenvalue weighted by molar-refractivity contribution is 6.25. The molecule has 2 heterocycles. The number of carboxylic acids is 1. The lowest BCUT2D eigenvalue weighted by atomic mass is 9.78. The predicted octanol–water partition coefficient (Wildman–Crippen LogP) is 1.90. The fourth-order valence-corrected chi connectivity index (χ4v) is 2.01. The number of aliphatic imine (C=N–C) groups is 2. The highest BCUT2D eigenvalue weighted by atomic mass is 16.4. The molecule has 0 spiro atoms. The fraction of sp³-hybridized carbons (Fsp3) is 0.0833. The highest BCUT2D eigenvalue weighted by Crippen LogP contribution is 2.43. The van der Waals surface area contributed by atoms with E-state index in [1.165, 1.54) is 12.4 Å². The molecule has 0 fully saturated rings. The number of rotatable bonds is 1. The van der Waals surface area contributed by atoms with E-state index in [4.69, 9.17) is 0 Å². The molecule has 0 aromatic heterocycles. The van der Waals surface area contributed by atoms with Gasteiger partial charge in [0.15, 0.2) is 5.41 Å². The number of para-hydroxylation sites is 1. The summed E-state index contributed by atoms with van der Waals surface area (Å²) in [6.45, 7) is 0. The molecule has 1 aromatic carbocycles. The number of aliphatic carboxylic acids is 1. The number of hydrogen-bond acceptors (Lipinski definition) is 3.